The lowest BCUT2D eigenvalue weighted by molar-refractivity contribution is 0.107. The zero-order valence-corrected chi connectivity index (χ0v) is 18.2. The van der Waals surface area contributed by atoms with Crippen molar-refractivity contribution in [2.45, 2.75) is 110 Å². The summed E-state index contributed by atoms with van der Waals surface area (Å²) in [4.78, 5) is 0. The van der Waals surface area contributed by atoms with E-state index < -0.39 is 0 Å². The van der Waals surface area contributed by atoms with Crippen molar-refractivity contribution in [3.8, 4) is 6.07 Å². The highest BCUT2D eigenvalue weighted by Crippen LogP contribution is 2.46. The Morgan fingerprint density at radius 1 is 0.607 bits per heavy atom. The third kappa shape index (κ3) is 7.65. The first-order chi connectivity index (χ1) is 12.3. The lowest BCUT2D eigenvalue weighted by Gasteiger charge is -2.41. The molecule has 3 aliphatic carbocycles. The van der Waals surface area contributed by atoms with E-state index in [4.69, 9.17) is 5.26 Å². The highest BCUT2D eigenvalue weighted by molar-refractivity contribution is 4.90. The maximum Gasteiger partial charge on any atom is 0.0655 e. The molecule has 0 radical (unpaired) electrons. The average Bonchev–Trinajstić information content (AvgIpc) is 2.69. The fourth-order valence-electron chi connectivity index (χ4n) is 6.44. The highest BCUT2D eigenvalue weighted by atomic mass is 16.0. The number of hydrogen-bond acceptors (Lipinski definition) is 1. The zero-order valence-electron chi connectivity index (χ0n) is 18.2. The first-order valence-corrected chi connectivity index (χ1v) is 11.7. The van der Waals surface area contributed by atoms with Crippen LogP contribution in [0.1, 0.15) is 110 Å². The van der Waals surface area contributed by atoms with Crippen LogP contribution in [0.15, 0.2) is 0 Å². The van der Waals surface area contributed by atoms with E-state index in [0.717, 1.165) is 29.6 Å². The van der Waals surface area contributed by atoms with Crippen LogP contribution in [0.25, 0.3) is 0 Å². The summed E-state index contributed by atoms with van der Waals surface area (Å²) in [6.07, 6.45) is 23.1. The molecule has 3 saturated carbocycles. The molecule has 6 N–H and O–H groups in total. The summed E-state index contributed by atoms with van der Waals surface area (Å²) in [5.41, 5.74) is 0. The molecule has 166 valence electrons. The second-order valence-corrected chi connectivity index (χ2v) is 9.69. The standard InChI is InChI=1S/C24H41N.3H2O/c1-2-3-4-5-19-6-10-21(11-7-19)23-14-16-24(17-15-23)22-12-8-20(18-25)9-13-22;;;/h19-24H,2-17H2,1H3;3*1H2. The van der Waals surface area contributed by atoms with Crippen LogP contribution in [0, 0.1) is 46.8 Å². The van der Waals surface area contributed by atoms with Gasteiger partial charge in [-0.1, -0.05) is 45.4 Å². The number of unbranched alkanes of at least 4 members (excludes halogenated alkanes) is 2. The number of nitriles is 1. The normalized spacial score (nSPS) is 35.4. The van der Waals surface area contributed by atoms with E-state index in [-0.39, 0.29) is 16.4 Å². The molecule has 0 aliphatic heterocycles. The summed E-state index contributed by atoms with van der Waals surface area (Å²) in [6, 6.07) is 2.50. The Morgan fingerprint density at radius 3 is 1.39 bits per heavy atom. The highest BCUT2D eigenvalue weighted by Gasteiger charge is 2.34. The van der Waals surface area contributed by atoms with Crippen LogP contribution in [-0.4, -0.2) is 16.4 Å². The Balaban J connectivity index is 0.00000243. The average molecular weight is 398 g/mol. The van der Waals surface area contributed by atoms with Gasteiger partial charge in [-0.2, -0.15) is 5.26 Å². The van der Waals surface area contributed by atoms with Gasteiger partial charge in [-0.15, -0.1) is 0 Å². The van der Waals surface area contributed by atoms with E-state index in [1.807, 2.05) is 0 Å². The number of nitrogens with zero attached hydrogens (tertiary/aromatic N) is 1. The molecule has 3 rings (SSSR count). The molecular weight excluding hydrogens is 350 g/mol. The molecule has 0 atom stereocenters. The lowest BCUT2D eigenvalue weighted by Crippen LogP contribution is -2.29. The minimum Gasteiger partial charge on any atom is -0.412 e. The predicted octanol–water partition coefficient (Wildman–Crippen LogP) is 5.04. The van der Waals surface area contributed by atoms with E-state index in [1.165, 1.54) is 89.9 Å². The van der Waals surface area contributed by atoms with Gasteiger partial charge in [-0.3, -0.25) is 0 Å². The molecule has 0 unspecified atom stereocenters. The van der Waals surface area contributed by atoms with Crippen LogP contribution in [0.4, 0.5) is 0 Å². The molecule has 3 fully saturated rings. The summed E-state index contributed by atoms with van der Waals surface area (Å²) in [7, 11) is 0. The number of rotatable bonds is 6. The molecule has 4 heteroatoms. The maximum atomic E-state index is 9.10. The van der Waals surface area contributed by atoms with Crippen LogP contribution in [0.2, 0.25) is 0 Å². The van der Waals surface area contributed by atoms with Gasteiger partial charge >= 0.3 is 0 Å². The first-order valence-electron chi connectivity index (χ1n) is 11.7. The molecule has 0 amide bonds. The minimum absolute atomic E-state index is 0. The Labute approximate surface area is 173 Å². The molecule has 0 heterocycles. The van der Waals surface area contributed by atoms with Crippen molar-refractivity contribution >= 4 is 0 Å². The Kier molecular flexibility index (Phi) is 14.0. The van der Waals surface area contributed by atoms with E-state index in [0.29, 0.717) is 5.92 Å². The monoisotopic (exact) mass is 397 g/mol. The molecule has 0 aromatic heterocycles. The number of hydrogen-bond donors (Lipinski definition) is 0. The Morgan fingerprint density at radius 2 is 1.00 bits per heavy atom. The van der Waals surface area contributed by atoms with Crippen LogP contribution in [-0.2, 0) is 0 Å². The molecule has 0 saturated heterocycles. The maximum absolute atomic E-state index is 9.10. The van der Waals surface area contributed by atoms with Gasteiger partial charge in [0.2, 0.25) is 0 Å². The Hall–Kier alpha value is -0.630. The smallest absolute Gasteiger partial charge is 0.0655 e. The predicted molar refractivity (Wildman–Crippen MR) is 117 cm³/mol. The summed E-state index contributed by atoms with van der Waals surface area (Å²) >= 11 is 0. The van der Waals surface area contributed by atoms with Crippen molar-refractivity contribution in [1.29, 1.82) is 5.26 Å². The largest absolute Gasteiger partial charge is 0.412 e. The molecule has 4 nitrogen and oxygen atoms in total. The fraction of sp³-hybridized carbons (Fsp3) is 0.958. The van der Waals surface area contributed by atoms with Crippen LogP contribution >= 0.6 is 0 Å². The molecular formula is C24H47NO3. The topological polar surface area (TPSA) is 118 Å². The molecule has 28 heavy (non-hydrogen) atoms. The molecule has 3 aliphatic rings. The zero-order chi connectivity index (χ0) is 17.5. The van der Waals surface area contributed by atoms with Crippen molar-refractivity contribution in [2.24, 2.45) is 35.5 Å². The second-order valence-electron chi connectivity index (χ2n) is 9.69. The molecule has 0 bridgehead atoms. The third-order valence-corrected chi connectivity index (χ3v) is 8.21. The van der Waals surface area contributed by atoms with E-state index in [2.05, 4.69) is 13.0 Å². The summed E-state index contributed by atoms with van der Waals surface area (Å²) in [6.45, 7) is 2.32. The fourth-order valence-corrected chi connectivity index (χ4v) is 6.44. The molecule has 0 aromatic carbocycles. The van der Waals surface area contributed by atoms with Gasteiger partial charge in [0.25, 0.3) is 0 Å². The van der Waals surface area contributed by atoms with Crippen LogP contribution in [0.5, 0.6) is 0 Å². The second kappa shape index (κ2) is 14.4. The van der Waals surface area contributed by atoms with Gasteiger partial charge in [0, 0.05) is 5.92 Å². The lowest BCUT2D eigenvalue weighted by atomic mass is 9.65. The van der Waals surface area contributed by atoms with Crippen molar-refractivity contribution in [3.05, 3.63) is 0 Å². The van der Waals surface area contributed by atoms with Crippen LogP contribution in [0.3, 0.4) is 0 Å². The summed E-state index contributed by atoms with van der Waals surface area (Å²) in [5, 5.41) is 9.10. The van der Waals surface area contributed by atoms with Crippen molar-refractivity contribution in [3.63, 3.8) is 0 Å². The summed E-state index contributed by atoms with van der Waals surface area (Å²) < 4.78 is 0. The molecule has 0 spiro atoms. The Bertz CT molecular complexity index is 412. The van der Waals surface area contributed by atoms with Crippen LogP contribution < -0.4 is 0 Å². The van der Waals surface area contributed by atoms with Crippen molar-refractivity contribution in [2.75, 3.05) is 0 Å². The third-order valence-electron chi connectivity index (χ3n) is 8.21. The quantitative estimate of drug-likeness (QED) is 0.573. The SMILES string of the molecule is CCCCCC1CCC(C2CCC(C3CCC(C#N)CC3)CC2)CC1.O.O.O. The van der Waals surface area contributed by atoms with Gasteiger partial charge in [-0.25, -0.2) is 0 Å². The molecule has 0 aromatic rings. The van der Waals surface area contributed by atoms with E-state index in [9.17, 15) is 0 Å². The van der Waals surface area contributed by atoms with Crippen molar-refractivity contribution in [1.82, 2.24) is 0 Å². The van der Waals surface area contributed by atoms with E-state index in [1.54, 1.807) is 12.8 Å². The van der Waals surface area contributed by atoms with E-state index >= 15 is 0 Å². The first kappa shape index (κ1) is 27.4. The minimum atomic E-state index is 0. The summed E-state index contributed by atoms with van der Waals surface area (Å²) in [5.74, 6) is 5.52. The van der Waals surface area contributed by atoms with Crippen molar-refractivity contribution < 1.29 is 16.4 Å². The van der Waals surface area contributed by atoms with Gasteiger partial charge in [-0.05, 0) is 93.8 Å². The van der Waals surface area contributed by atoms with Gasteiger partial charge in [0.15, 0.2) is 0 Å². The van der Waals surface area contributed by atoms with Gasteiger partial charge < -0.3 is 16.4 Å². The van der Waals surface area contributed by atoms with Gasteiger partial charge in [0.1, 0.15) is 0 Å². The van der Waals surface area contributed by atoms with Gasteiger partial charge in [0.05, 0.1) is 6.07 Å².